The van der Waals surface area contributed by atoms with Crippen LogP contribution in [-0.4, -0.2) is 25.6 Å². The van der Waals surface area contributed by atoms with E-state index in [2.05, 4.69) is 0 Å². The summed E-state index contributed by atoms with van der Waals surface area (Å²) in [5.74, 6) is 0.742. The summed E-state index contributed by atoms with van der Waals surface area (Å²) < 4.78 is 5.32. The Morgan fingerprint density at radius 1 is 1.00 bits per heavy atom. The maximum Gasteiger partial charge on any atom is 0.0466 e. The molecule has 0 fully saturated rings. The number of unbranched alkanes of at least 4 members (excludes halogenated alkanes) is 2. The molecule has 2 N–H and O–H groups in total. The van der Waals surface area contributed by atoms with Gasteiger partial charge in [0.25, 0.3) is 0 Å². The fourth-order valence-electron chi connectivity index (χ4n) is 0.749. The van der Waals surface area contributed by atoms with E-state index in [1.807, 2.05) is 0 Å². The van der Waals surface area contributed by atoms with Gasteiger partial charge < -0.3 is 10.5 Å². The van der Waals surface area contributed by atoms with E-state index in [4.69, 9.17) is 22.1 Å². The molecule has 0 rings (SSSR count). The Hall–Kier alpha value is 0.210. The van der Waals surface area contributed by atoms with Crippen molar-refractivity contribution in [2.45, 2.75) is 25.7 Å². The molecular formula is C8H18ClNO. The second-order valence-corrected chi connectivity index (χ2v) is 2.88. The summed E-state index contributed by atoms with van der Waals surface area (Å²) in [6.07, 6.45) is 4.28. The molecule has 0 aromatic rings. The average molecular weight is 180 g/mol. The molecule has 3 heteroatoms. The normalized spacial score (nSPS) is 10.4. The van der Waals surface area contributed by atoms with Crippen LogP contribution in [0.4, 0.5) is 0 Å². The molecule has 0 amide bonds. The van der Waals surface area contributed by atoms with Gasteiger partial charge in [-0.05, 0) is 32.2 Å². The Bertz CT molecular complexity index is 63.1. The summed E-state index contributed by atoms with van der Waals surface area (Å²) in [6, 6.07) is 0. The molecule has 0 aliphatic rings. The van der Waals surface area contributed by atoms with Gasteiger partial charge in [0.1, 0.15) is 0 Å². The highest BCUT2D eigenvalue weighted by atomic mass is 35.5. The third kappa shape index (κ3) is 10.2. The van der Waals surface area contributed by atoms with Gasteiger partial charge in [-0.3, -0.25) is 0 Å². The van der Waals surface area contributed by atoms with Gasteiger partial charge in [-0.2, -0.15) is 0 Å². The monoisotopic (exact) mass is 179 g/mol. The van der Waals surface area contributed by atoms with Crippen LogP contribution in [0.1, 0.15) is 25.7 Å². The summed E-state index contributed by atoms with van der Waals surface area (Å²) in [5, 5.41) is 0. The summed E-state index contributed by atoms with van der Waals surface area (Å²) in [5.41, 5.74) is 5.32. The van der Waals surface area contributed by atoms with E-state index in [0.717, 1.165) is 51.3 Å². The largest absolute Gasteiger partial charge is 0.381 e. The third-order valence-corrected chi connectivity index (χ3v) is 1.68. The highest BCUT2D eigenvalue weighted by Gasteiger charge is 1.88. The highest BCUT2D eigenvalue weighted by Crippen LogP contribution is 1.94. The topological polar surface area (TPSA) is 35.2 Å². The van der Waals surface area contributed by atoms with E-state index in [0.29, 0.717) is 0 Å². The van der Waals surface area contributed by atoms with Crippen LogP contribution in [-0.2, 0) is 4.74 Å². The maximum atomic E-state index is 5.49. The van der Waals surface area contributed by atoms with Crippen LogP contribution in [0.3, 0.4) is 0 Å². The van der Waals surface area contributed by atoms with Crippen molar-refractivity contribution in [1.29, 1.82) is 0 Å². The number of rotatable bonds is 8. The van der Waals surface area contributed by atoms with Gasteiger partial charge in [0.15, 0.2) is 0 Å². The molecule has 2 nitrogen and oxygen atoms in total. The molecule has 0 spiro atoms. The van der Waals surface area contributed by atoms with E-state index in [-0.39, 0.29) is 0 Å². The minimum Gasteiger partial charge on any atom is -0.381 e. The van der Waals surface area contributed by atoms with Crippen molar-refractivity contribution in [3.8, 4) is 0 Å². The number of ether oxygens (including phenoxy) is 1. The van der Waals surface area contributed by atoms with Gasteiger partial charge in [0.2, 0.25) is 0 Å². The van der Waals surface area contributed by atoms with E-state index in [1.54, 1.807) is 0 Å². The number of nitrogens with two attached hydrogens (primary N) is 1. The van der Waals surface area contributed by atoms with Gasteiger partial charge in [0, 0.05) is 19.1 Å². The molecule has 11 heavy (non-hydrogen) atoms. The average Bonchev–Trinajstić information content (AvgIpc) is 2.03. The first-order chi connectivity index (χ1) is 5.41. The van der Waals surface area contributed by atoms with E-state index >= 15 is 0 Å². The molecule has 68 valence electrons. The van der Waals surface area contributed by atoms with Crippen LogP contribution in [0.5, 0.6) is 0 Å². The predicted molar refractivity (Wildman–Crippen MR) is 49.1 cm³/mol. The van der Waals surface area contributed by atoms with Crippen LogP contribution in [0.25, 0.3) is 0 Å². The van der Waals surface area contributed by atoms with Crippen molar-refractivity contribution in [2.75, 3.05) is 25.6 Å². The van der Waals surface area contributed by atoms with E-state index in [1.165, 1.54) is 0 Å². The Balaban J connectivity index is 2.69. The lowest BCUT2D eigenvalue weighted by atomic mass is 10.3. The quantitative estimate of drug-likeness (QED) is 0.455. The first kappa shape index (κ1) is 11.2. The lowest BCUT2D eigenvalue weighted by Crippen LogP contribution is -2.02. The van der Waals surface area contributed by atoms with Gasteiger partial charge in [0.05, 0.1) is 0 Å². The van der Waals surface area contributed by atoms with Crippen molar-refractivity contribution < 1.29 is 4.74 Å². The predicted octanol–water partition coefficient (Wildman–Crippen LogP) is 1.76. The highest BCUT2D eigenvalue weighted by molar-refractivity contribution is 6.17. The van der Waals surface area contributed by atoms with E-state index < -0.39 is 0 Å². The van der Waals surface area contributed by atoms with Crippen LogP contribution in [0.15, 0.2) is 0 Å². The van der Waals surface area contributed by atoms with Crippen molar-refractivity contribution in [3.05, 3.63) is 0 Å². The van der Waals surface area contributed by atoms with Crippen LogP contribution in [0, 0.1) is 0 Å². The molecule has 0 heterocycles. The fourth-order valence-corrected chi connectivity index (χ4v) is 0.938. The van der Waals surface area contributed by atoms with Crippen LogP contribution < -0.4 is 5.73 Å². The number of halogens is 1. The smallest absolute Gasteiger partial charge is 0.0466 e. The lowest BCUT2D eigenvalue weighted by molar-refractivity contribution is 0.128. The van der Waals surface area contributed by atoms with Crippen molar-refractivity contribution >= 4 is 11.6 Å². The Labute approximate surface area is 74.1 Å². The van der Waals surface area contributed by atoms with Crippen LogP contribution in [0.2, 0.25) is 0 Å². The second-order valence-electron chi connectivity index (χ2n) is 2.50. The van der Waals surface area contributed by atoms with Crippen LogP contribution >= 0.6 is 11.6 Å². The minimum absolute atomic E-state index is 0.742. The van der Waals surface area contributed by atoms with Gasteiger partial charge >= 0.3 is 0 Å². The second kappa shape index (κ2) is 10.2. The minimum atomic E-state index is 0.742. The molecule has 0 aromatic heterocycles. The van der Waals surface area contributed by atoms with Crippen molar-refractivity contribution in [2.24, 2.45) is 5.73 Å². The molecule has 0 radical (unpaired) electrons. The third-order valence-electron chi connectivity index (χ3n) is 1.42. The Morgan fingerprint density at radius 3 is 2.18 bits per heavy atom. The van der Waals surface area contributed by atoms with E-state index in [9.17, 15) is 0 Å². The molecule has 0 aliphatic heterocycles. The Kier molecular flexibility index (Phi) is 10.4. The molecular weight excluding hydrogens is 162 g/mol. The number of hydrogen-bond acceptors (Lipinski definition) is 2. The zero-order chi connectivity index (χ0) is 8.36. The Morgan fingerprint density at radius 2 is 1.64 bits per heavy atom. The number of alkyl halides is 1. The molecule has 0 saturated carbocycles. The molecule has 0 bridgehead atoms. The van der Waals surface area contributed by atoms with Crippen molar-refractivity contribution in [3.63, 3.8) is 0 Å². The van der Waals surface area contributed by atoms with Gasteiger partial charge in [-0.15, -0.1) is 11.6 Å². The summed E-state index contributed by atoms with van der Waals surface area (Å²) in [6.45, 7) is 2.46. The summed E-state index contributed by atoms with van der Waals surface area (Å²) in [7, 11) is 0. The summed E-state index contributed by atoms with van der Waals surface area (Å²) in [4.78, 5) is 0. The first-order valence-electron chi connectivity index (χ1n) is 4.25. The molecule has 0 saturated heterocycles. The molecule has 0 unspecified atom stereocenters. The number of hydrogen-bond donors (Lipinski definition) is 1. The van der Waals surface area contributed by atoms with Crippen molar-refractivity contribution in [1.82, 2.24) is 0 Å². The SMILES string of the molecule is NCCCCOCCCCCl. The van der Waals surface area contributed by atoms with Gasteiger partial charge in [-0.1, -0.05) is 0 Å². The lowest BCUT2D eigenvalue weighted by Gasteiger charge is -2.01. The standard InChI is InChI=1S/C8H18ClNO/c9-5-1-3-7-11-8-4-2-6-10/h1-8,10H2. The zero-order valence-corrected chi connectivity index (χ0v) is 7.78. The molecule has 0 aliphatic carbocycles. The summed E-state index contributed by atoms with van der Waals surface area (Å²) >= 11 is 5.49. The fraction of sp³-hybridized carbons (Fsp3) is 1.00. The zero-order valence-electron chi connectivity index (χ0n) is 7.02. The first-order valence-corrected chi connectivity index (χ1v) is 4.79. The maximum absolute atomic E-state index is 5.49. The molecule has 0 aromatic carbocycles. The molecule has 0 atom stereocenters. The van der Waals surface area contributed by atoms with Gasteiger partial charge in [-0.25, -0.2) is 0 Å².